The first-order valence-electron chi connectivity index (χ1n) is 9.30. The van der Waals surface area contributed by atoms with Gasteiger partial charge in [0.25, 0.3) is 11.8 Å². The Morgan fingerprint density at radius 2 is 1.83 bits per heavy atom. The summed E-state index contributed by atoms with van der Waals surface area (Å²) in [6.07, 6.45) is 1.96. The molecule has 0 atom stereocenters. The number of carbonyl (C=O) groups excluding carboxylic acids is 3. The van der Waals surface area contributed by atoms with Crippen molar-refractivity contribution < 1.29 is 28.2 Å². The zero-order valence-electron chi connectivity index (χ0n) is 16.4. The van der Waals surface area contributed by atoms with Gasteiger partial charge in [-0.1, -0.05) is 24.9 Å². The van der Waals surface area contributed by atoms with Crippen LogP contribution in [0.15, 0.2) is 42.5 Å². The van der Waals surface area contributed by atoms with Gasteiger partial charge >= 0.3 is 5.97 Å². The highest BCUT2D eigenvalue weighted by Gasteiger charge is 2.12. The average molecular weight is 437 g/mol. The summed E-state index contributed by atoms with van der Waals surface area (Å²) in [6, 6.07) is 10.2. The third kappa shape index (κ3) is 7.71. The number of halogens is 2. The van der Waals surface area contributed by atoms with Crippen molar-refractivity contribution >= 4 is 35.1 Å². The highest BCUT2D eigenvalue weighted by atomic mass is 35.5. The van der Waals surface area contributed by atoms with Crippen LogP contribution in [0.3, 0.4) is 0 Å². The number of carbonyl (C=O) groups is 3. The summed E-state index contributed by atoms with van der Waals surface area (Å²) in [7, 11) is 0. The summed E-state index contributed by atoms with van der Waals surface area (Å²) in [4.78, 5) is 35.6. The molecule has 2 aromatic carbocycles. The first-order valence-corrected chi connectivity index (χ1v) is 9.68. The van der Waals surface area contributed by atoms with Crippen molar-refractivity contribution in [2.75, 3.05) is 25.1 Å². The molecule has 2 aromatic rings. The Morgan fingerprint density at radius 3 is 2.53 bits per heavy atom. The molecule has 30 heavy (non-hydrogen) atoms. The normalized spacial score (nSPS) is 10.2. The lowest BCUT2D eigenvalue weighted by Crippen LogP contribution is -2.32. The third-order valence-corrected chi connectivity index (χ3v) is 4.08. The molecule has 0 aromatic heterocycles. The van der Waals surface area contributed by atoms with Crippen LogP contribution in [0.1, 0.15) is 30.1 Å². The molecular weight excluding hydrogens is 415 g/mol. The SMILES string of the molecule is CCCCOc1ccc(C(=O)NCC(=O)OCC(=O)Nc2cc(Cl)ccc2F)cc1. The second-order valence-electron chi connectivity index (χ2n) is 6.24. The molecule has 7 nitrogen and oxygen atoms in total. The number of hydrogen-bond acceptors (Lipinski definition) is 5. The molecule has 2 N–H and O–H groups in total. The minimum atomic E-state index is -0.815. The topological polar surface area (TPSA) is 93.7 Å². The number of hydrogen-bond donors (Lipinski definition) is 2. The number of nitrogens with one attached hydrogen (secondary N) is 2. The van der Waals surface area contributed by atoms with Crippen molar-refractivity contribution in [3.63, 3.8) is 0 Å². The Bertz CT molecular complexity index is 889. The highest BCUT2D eigenvalue weighted by Crippen LogP contribution is 2.19. The van der Waals surface area contributed by atoms with E-state index < -0.39 is 36.8 Å². The fourth-order valence-electron chi connectivity index (χ4n) is 2.27. The van der Waals surface area contributed by atoms with Crippen LogP contribution in [0.25, 0.3) is 0 Å². The monoisotopic (exact) mass is 436 g/mol. The number of rotatable bonds is 10. The number of amides is 2. The number of anilines is 1. The lowest BCUT2D eigenvalue weighted by atomic mass is 10.2. The molecule has 0 bridgehead atoms. The van der Waals surface area contributed by atoms with Gasteiger partial charge in [0.2, 0.25) is 0 Å². The van der Waals surface area contributed by atoms with Gasteiger partial charge in [0.05, 0.1) is 12.3 Å². The van der Waals surface area contributed by atoms with Gasteiger partial charge in [0.15, 0.2) is 6.61 Å². The fourth-order valence-corrected chi connectivity index (χ4v) is 2.44. The number of benzene rings is 2. The molecule has 0 saturated carbocycles. The number of ether oxygens (including phenoxy) is 2. The Hall–Kier alpha value is -3.13. The van der Waals surface area contributed by atoms with Gasteiger partial charge in [-0.25, -0.2) is 4.39 Å². The van der Waals surface area contributed by atoms with Crippen LogP contribution in [0.2, 0.25) is 5.02 Å². The minimum absolute atomic E-state index is 0.126. The number of unbranched alkanes of at least 4 members (excludes halogenated alkanes) is 1. The van der Waals surface area contributed by atoms with Crippen molar-refractivity contribution in [3.8, 4) is 5.75 Å². The Kier molecular flexibility index (Phi) is 9.08. The maximum absolute atomic E-state index is 13.6. The zero-order valence-corrected chi connectivity index (χ0v) is 17.1. The Morgan fingerprint density at radius 1 is 1.10 bits per heavy atom. The molecule has 0 fully saturated rings. The molecular formula is C21H22ClFN2O5. The van der Waals surface area contributed by atoms with Crippen LogP contribution >= 0.6 is 11.6 Å². The molecule has 0 unspecified atom stereocenters. The smallest absolute Gasteiger partial charge is 0.325 e. The molecule has 0 heterocycles. The quantitative estimate of drug-likeness (QED) is 0.438. The summed E-state index contributed by atoms with van der Waals surface area (Å²) >= 11 is 5.74. The van der Waals surface area contributed by atoms with Crippen LogP contribution in [0, 0.1) is 5.82 Å². The fraction of sp³-hybridized carbons (Fsp3) is 0.286. The van der Waals surface area contributed by atoms with Crippen molar-refractivity contribution in [2.45, 2.75) is 19.8 Å². The summed E-state index contributed by atoms with van der Waals surface area (Å²) in [5.74, 6) is -2.05. The predicted molar refractivity (Wildman–Crippen MR) is 110 cm³/mol. The lowest BCUT2D eigenvalue weighted by molar-refractivity contribution is -0.146. The Balaban J connectivity index is 1.72. The zero-order chi connectivity index (χ0) is 21.9. The highest BCUT2D eigenvalue weighted by molar-refractivity contribution is 6.30. The minimum Gasteiger partial charge on any atom is -0.494 e. The lowest BCUT2D eigenvalue weighted by Gasteiger charge is -2.09. The van der Waals surface area contributed by atoms with Gasteiger partial charge in [-0.05, 0) is 48.9 Å². The molecule has 0 radical (unpaired) electrons. The molecule has 0 aliphatic carbocycles. The van der Waals surface area contributed by atoms with E-state index in [1.165, 1.54) is 12.1 Å². The van der Waals surface area contributed by atoms with Gasteiger partial charge in [-0.2, -0.15) is 0 Å². The second kappa shape index (κ2) is 11.8. The summed E-state index contributed by atoms with van der Waals surface area (Å²) in [6.45, 7) is 1.61. The van der Waals surface area contributed by atoms with E-state index in [2.05, 4.69) is 17.6 Å². The molecule has 0 aliphatic rings. The number of esters is 1. The standard InChI is InChI=1S/C21H22ClFN2O5/c1-2-3-10-29-16-7-4-14(5-8-16)21(28)24-12-20(27)30-13-19(26)25-18-11-15(22)6-9-17(18)23/h4-9,11H,2-3,10,12-13H2,1H3,(H,24,28)(H,25,26). The second-order valence-corrected chi connectivity index (χ2v) is 6.68. The average Bonchev–Trinajstić information content (AvgIpc) is 2.74. The Labute approximate surface area is 178 Å². The van der Waals surface area contributed by atoms with E-state index in [-0.39, 0.29) is 10.7 Å². The van der Waals surface area contributed by atoms with E-state index >= 15 is 0 Å². The third-order valence-electron chi connectivity index (χ3n) is 3.84. The van der Waals surface area contributed by atoms with Crippen molar-refractivity contribution in [1.82, 2.24) is 5.32 Å². The first-order chi connectivity index (χ1) is 14.4. The van der Waals surface area contributed by atoms with Crippen LogP contribution in [0.4, 0.5) is 10.1 Å². The predicted octanol–water partition coefficient (Wildman–Crippen LogP) is 3.57. The molecule has 0 saturated heterocycles. The molecule has 2 rings (SSSR count). The van der Waals surface area contributed by atoms with Gasteiger partial charge in [0.1, 0.15) is 18.1 Å². The van der Waals surface area contributed by atoms with Gasteiger partial charge in [-0.15, -0.1) is 0 Å². The molecule has 9 heteroatoms. The van der Waals surface area contributed by atoms with Crippen molar-refractivity contribution in [1.29, 1.82) is 0 Å². The van der Waals surface area contributed by atoms with E-state index in [4.69, 9.17) is 21.1 Å². The van der Waals surface area contributed by atoms with Crippen molar-refractivity contribution in [3.05, 3.63) is 58.9 Å². The van der Waals surface area contributed by atoms with E-state index in [9.17, 15) is 18.8 Å². The first kappa shape index (κ1) is 23.2. The van der Waals surface area contributed by atoms with Crippen molar-refractivity contribution in [2.24, 2.45) is 0 Å². The van der Waals surface area contributed by atoms with E-state index in [1.807, 2.05) is 0 Å². The van der Waals surface area contributed by atoms with Crippen LogP contribution in [-0.4, -0.2) is 37.5 Å². The maximum atomic E-state index is 13.6. The van der Waals surface area contributed by atoms with Gasteiger partial charge in [-0.3, -0.25) is 14.4 Å². The summed E-state index contributed by atoms with van der Waals surface area (Å²) in [5, 5.41) is 4.89. The largest absolute Gasteiger partial charge is 0.494 e. The van der Waals surface area contributed by atoms with E-state index in [0.29, 0.717) is 17.9 Å². The molecule has 2 amide bonds. The van der Waals surface area contributed by atoms with Crippen LogP contribution in [-0.2, 0) is 14.3 Å². The van der Waals surface area contributed by atoms with Gasteiger partial charge < -0.3 is 20.1 Å². The molecule has 160 valence electrons. The van der Waals surface area contributed by atoms with E-state index in [1.54, 1.807) is 24.3 Å². The molecule has 0 aliphatic heterocycles. The maximum Gasteiger partial charge on any atom is 0.325 e. The summed E-state index contributed by atoms with van der Waals surface area (Å²) < 4.78 is 23.8. The van der Waals surface area contributed by atoms with Crippen LogP contribution in [0.5, 0.6) is 5.75 Å². The summed E-state index contributed by atoms with van der Waals surface area (Å²) in [5.41, 5.74) is 0.221. The molecule has 0 spiro atoms. The van der Waals surface area contributed by atoms with Crippen LogP contribution < -0.4 is 15.4 Å². The van der Waals surface area contributed by atoms with Gasteiger partial charge in [0, 0.05) is 10.6 Å². The van der Waals surface area contributed by atoms with E-state index in [0.717, 1.165) is 18.9 Å².